The van der Waals surface area contributed by atoms with Crippen molar-refractivity contribution in [3.05, 3.63) is 41.9 Å². The van der Waals surface area contributed by atoms with Crippen LogP contribution in [0.3, 0.4) is 0 Å². The van der Waals surface area contributed by atoms with E-state index in [0.29, 0.717) is 12.2 Å². The van der Waals surface area contributed by atoms with Gasteiger partial charge in [-0.15, -0.1) is 0 Å². The Balaban J connectivity index is 2.36. The average molecular weight is 252 g/mol. The standard InChI is InChI=1S/C13H14F2N2O/c1-8(2)16-6-11-13(18-7-17-11)12-9(14)4-3-5-10(12)15/h3-5,7-8,16H,6H2,1-2H3. The number of nitrogens with one attached hydrogen (secondary N) is 1. The number of oxazole rings is 1. The Morgan fingerprint density at radius 1 is 1.28 bits per heavy atom. The van der Waals surface area contributed by atoms with Gasteiger partial charge in [0.05, 0.1) is 5.56 Å². The van der Waals surface area contributed by atoms with E-state index in [4.69, 9.17) is 4.42 Å². The van der Waals surface area contributed by atoms with Crippen LogP contribution in [0.15, 0.2) is 29.0 Å². The highest BCUT2D eigenvalue weighted by molar-refractivity contribution is 5.61. The summed E-state index contributed by atoms with van der Waals surface area (Å²) in [6.07, 6.45) is 1.19. The van der Waals surface area contributed by atoms with Gasteiger partial charge >= 0.3 is 0 Å². The molecule has 0 saturated heterocycles. The zero-order valence-corrected chi connectivity index (χ0v) is 10.2. The second kappa shape index (κ2) is 5.27. The summed E-state index contributed by atoms with van der Waals surface area (Å²) in [6.45, 7) is 4.35. The molecule has 2 rings (SSSR count). The molecule has 0 aliphatic carbocycles. The third kappa shape index (κ3) is 2.56. The van der Waals surface area contributed by atoms with Crippen molar-refractivity contribution in [2.45, 2.75) is 26.4 Å². The van der Waals surface area contributed by atoms with Crippen LogP contribution in [0.1, 0.15) is 19.5 Å². The highest BCUT2D eigenvalue weighted by Crippen LogP contribution is 2.28. The monoisotopic (exact) mass is 252 g/mol. The van der Waals surface area contributed by atoms with Crippen molar-refractivity contribution in [1.29, 1.82) is 0 Å². The molecular weight excluding hydrogens is 238 g/mol. The molecule has 1 aromatic carbocycles. The number of hydrogen-bond acceptors (Lipinski definition) is 3. The van der Waals surface area contributed by atoms with Crippen molar-refractivity contribution in [3.63, 3.8) is 0 Å². The van der Waals surface area contributed by atoms with Crippen molar-refractivity contribution in [1.82, 2.24) is 10.3 Å². The number of hydrogen-bond donors (Lipinski definition) is 1. The first-order valence-electron chi connectivity index (χ1n) is 5.69. The van der Waals surface area contributed by atoms with E-state index in [-0.39, 0.29) is 17.4 Å². The SMILES string of the molecule is CC(C)NCc1ncoc1-c1c(F)cccc1F. The van der Waals surface area contributed by atoms with Crippen LogP contribution in [0.2, 0.25) is 0 Å². The largest absolute Gasteiger partial charge is 0.443 e. The maximum Gasteiger partial charge on any atom is 0.181 e. The molecule has 0 aliphatic heterocycles. The second-order valence-electron chi connectivity index (χ2n) is 4.26. The van der Waals surface area contributed by atoms with Gasteiger partial charge in [0.15, 0.2) is 12.2 Å². The molecule has 18 heavy (non-hydrogen) atoms. The first-order chi connectivity index (χ1) is 8.59. The van der Waals surface area contributed by atoms with E-state index in [2.05, 4.69) is 10.3 Å². The molecule has 0 unspecified atom stereocenters. The minimum atomic E-state index is -0.655. The smallest absolute Gasteiger partial charge is 0.181 e. The number of rotatable bonds is 4. The van der Waals surface area contributed by atoms with Gasteiger partial charge in [0.2, 0.25) is 0 Å². The average Bonchev–Trinajstić information content (AvgIpc) is 2.74. The zero-order chi connectivity index (χ0) is 13.1. The van der Waals surface area contributed by atoms with Crippen molar-refractivity contribution in [3.8, 4) is 11.3 Å². The molecule has 0 fully saturated rings. The Morgan fingerprint density at radius 2 is 1.94 bits per heavy atom. The van der Waals surface area contributed by atoms with Crippen LogP contribution in [0.25, 0.3) is 11.3 Å². The van der Waals surface area contributed by atoms with Crippen LogP contribution >= 0.6 is 0 Å². The van der Waals surface area contributed by atoms with Crippen molar-refractivity contribution < 1.29 is 13.2 Å². The Morgan fingerprint density at radius 3 is 2.56 bits per heavy atom. The topological polar surface area (TPSA) is 38.1 Å². The summed E-state index contributed by atoms with van der Waals surface area (Å²) in [5.41, 5.74) is 0.322. The molecule has 1 heterocycles. The molecule has 3 nitrogen and oxygen atoms in total. The molecule has 0 aliphatic rings. The summed E-state index contributed by atoms with van der Waals surface area (Å²) in [5.74, 6) is -1.17. The summed E-state index contributed by atoms with van der Waals surface area (Å²) in [5, 5.41) is 3.13. The number of nitrogens with zero attached hydrogens (tertiary/aromatic N) is 1. The fourth-order valence-electron chi connectivity index (χ4n) is 1.61. The highest BCUT2D eigenvalue weighted by Gasteiger charge is 2.18. The van der Waals surface area contributed by atoms with Crippen LogP contribution in [0.5, 0.6) is 0 Å². The zero-order valence-electron chi connectivity index (χ0n) is 10.2. The minimum absolute atomic E-state index is 0.138. The van der Waals surface area contributed by atoms with Crippen molar-refractivity contribution >= 4 is 0 Å². The van der Waals surface area contributed by atoms with Crippen LogP contribution in [-0.2, 0) is 6.54 Å². The van der Waals surface area contributed by atoms with Gasteiger partial charge in [-0.1, -0.05) is 19.9 Å². The van der Waals surface area contributed by atoms with E-state index in [1.807, 2.05) is 13.8 Å². The molecule has 0 atom stereocenters. The quantitative estimate of drug-likeness (QED) is 0.908. The maximum atomic E-state index is 13.6. The van der Waals surface area contributed by atoms with E-state index in [1.54, 1.807) is 0 Å². The minimum Gasteiger partial charge on any atom is -0.443 e. The van der Waals surface area contributed by atoms with Crippen LogP contribution in [-0.4, -0.2) is 11.0 Å². The fraction of sp³-hybridized carbons (Fsp3) is 0.308. The molecule has 1 aromatic heterocycles. The van der Waals surface area contributed by atoms with Gasteiger partial charge < -0.3 is 9.73 Å². The van der Waals surface area contributed by atoms with Gasteiger partial charge in [-0.05, 0) is 12.1 Å². The van der Waals surface area contributed by atoms with Gasteiger partial charge in [-0.25, -0.2) is 13.8 Å². The first-order valence-corrected chi connectivity index (χ1v) is 5.69. The Labute approximate surface area is 104 Å². The van der Waals surface area contributed by atoms with E-state index in [1.165, 1.54) is 24.6 Å². The predicted octanol–water partition coefficient (Wildman–Crippen LogP) is 3.12. The van der Waals surface area contributed by atoms with Gasteiger partial charge in [0, 0.05) is 12.6 Å². The van der Waals surface area contributed by atoms with Crippen LogP contribution < -0.4 is 5.32 Å². The van der Waals surface area contributed by atoms with Gasteiger partial charge in [0.1, 0.15) is 17.3 Å². The molecule has 0 radical (unpaired) electrons. The molecule has 5 heteroatoms. The summed E-state index contributed by atoms with van der Waals surface area (Å²) >= 11 is 0. The summed E-state index contributed by atoms with van der Waals surface area (Å²) < 4.78 is 32.4. The maximum absolute atomic E-state index is 13.6. The Hall–Kier alpha value is -1.75. The van der Waals surface area contributed by atoms with Gasteiger partial charge in [0.25, 0.3) is 0 Å². The van der Waals surface area contributed by atoms with Crippen LogP contribution in [0.4, 0.5) is 8.78 Å². The Kier molecular flexibility index (Phi) is 3.72. The van der Waals surface area contributed by atoms with E-state index in [9.17, 15) is 8.78 Å². The lowest BCUT2D eigenvalue weighted by Crippen LogP contribution is -2.22. The lowest BCUT2D eigenvalue weighted by atomic mass is 10.1. The Bertz CT molecular complexity index is 517. The summed E-state index contributed by atoms with van der Waals surface area (Å²) in [7, 11) is 0. The normalized spacial score (nSPS) is 11.2. The van der Waals surface area contributed by atoms with Crippen LogP contribution in [0, 0.1) is 11.6 Å². The highest BCUT2D eigenvalue weighted by atomic mass is 19.1. The number of halogens is 2. The van der Waals surface area contributed by atoms with Gasteiger partial charge in [-0.2, -0.15) is 0 Å². The lowest BCUT2D eigenvalue weighted by molar-refractivity contribution is 0.538. The third-order valence-corrected chi connectivity index (χ3v) is 2.51. The molecule has 1 N–H and O–H groups in total. The summed E-state index contributed by atoms with van der Waals surface area (Å²) in [6, 6.07) is 3.96. The molecule has 2 aromatic rings. The second-order valence-corrected chi connectivity index (χ2v) is 4.26. The van der Waals surface area contributed by atoms with E-state index >= 15 is 0 Å². The molecule has 0 bridgehead atoms. The number of aromatic nitrogens is 1. The first kappa shape index (κ1) is 12.7. The summed E-state index contributed by atoms with van der Waals surface area (Å²) in [4.78, 5) is 3.98. The molecule has 96 valence electrons. The van der Waals surface area contributed by atoms with Crippen molar-refractivity contribution in [2.75, 3.05) is 0 Å². The van der Waals surface area contributed by atoms with E-state index < -0.39 is 11.6 Å². The van der Waals surface area contributed by atoms with Gasteiger partial charge in [-0.3, -0.25) is 0 Å². The van der Waals surface area contributed by atoms with Crippen molar-refractivity contribution in [2.24, 2.45) is 0 Å². The van der Waals surface area contributed by atoms with E-state index in [0.717, 1.165) is 0 Å². The molecular formula is C13H14F2N2O. The molecule has 0 amide bonds. The number of benzene rings is 1. The molecule has 0 saturated carbocycles. The lowest BCUT2D eigenvalue weighted by Gasteiger charge is -2.07. The third-order valence-electron chi connectivity index (χ3n) is 2.51. The predicted molar refractivity (Wildman–Crippen MR) is 63.8 cm³/mol. The fourth-order valence-corrected chi connectivity index (χ4v) is 1.61. The molecule has 0 spiro atoms.